The van der Waals surface area contributed by atoms with Crippen LogP contribution in [0, 0.1) is 5.92 Å². The van der Waals surface area contributed by atoms with Crippen molar-refractivity contribution in [1.29, 1.82) is 0 Å². The lowest BCUT2D eigenvalue weighted by atomic mass is 9.94. The van der Waals surface area contributed by atoms with Gasteiger partial charge in [-0.3, -0.25) is 4.79 Å². The van der Waals surface area contributed by atoms with Gasteiger partial charge in [-0.1, -0.05) is 90.9 Å². The van der Waals surface area contributed by atoms with E-state index >= 15 is 0 Å². The number of likely N-dealkylation sites (tertiary alicyclic amines) is 1. The van der Waals surface area contributed by atoms with Crippen LogP contribution in [0.15, 0.2) is 0 Å². The van der Waals surface area contributed by atoms with Gasteiger partial charge in [-0.15, -0.1) is 0 Å². The van der Waals surface area contributed by atoms with Crippen LogP contribution in [0.2, 0.25) is 0 Å². The van der Waals surface area contributed by atoms with Crippen molar-refractivity contribution < 1.29 is 9.53 Å². The number of carbonyl (C=O) groups is 1. The molecular formula is C28H56N2O2. The highest BCUT2D eigenvalue weighted by molar-refractivity contribution is 5.72. The molecule has 1 rings (SSSR count). The van der Waals surface area contributed by atoms with E-state index in [2.05, 4.69) is 24.1 Å². The zero-order valence-corrected chi connectivity index (χ0v) is 21.8. The van der Waals surface area contributed by atoms with Crippen molar-refractivity contribution in [2.24, 2.45) is 5.92 Å². The molecule has 1 heterocycles. The van der Waals surface area contributed by atoms with Gasteiger partial charge in [-0.25, -0.2) is 0 Å². The molecule has 4 nitrogen and oxygen atoms in total. The minimum absolute atomic E-state index is 0.0821. The number of ether oxygens (including phenoxy) is 1. The summed E-state index contributed by atoms with van der Waals surface area (Å²) in [6.45, 7) is 11.1. The summed E-state index contributed by atoms with van der Waals surface area (Å²) >= 11 is 0. The van der Waals surface area contributed by atoms with Crippen molar-refractivity contribution >= 4 is 5.97 Å². The Bertz CT molecular complexity index is 410. The molecule has 1 N–H and O–H groups in total. The molecule has 1 unspecified atom stereocenters. The summed E-state index contributed by atoms with van der Waals surface area (Å²) in [4.78, 5) is 15.2. The maximum atomic E-state index is 12.7. The zero-order valence-electron chi connectivity index (χ0n) is 21.8. The minimum Gasteiger partial charge on any atom is -0.465 e. The number of hydrogen-bond acceptors (Lipinski definition) is 4. The van der Waals surface area contributed by atoms with Crippen molar-refractivity contribution in [3.05, 3.63) is 0 Å². The van der Waals surface area contributed by atoms with Crippen molar-refractivity contribution in [1.82, 2.24) is 10.2 Å². The molecule has 1 aliphatic rings. The topological polar surface area (TPSA) is 41.6 Å². The lowest BCUT2D eigenvalue weighted by molar-refractivity contribution is -0.149. The normalized spacial score (nSPS) is 15.3. The summed E-state index contributed by atoms with van der Waals surface area (Å²) in [6, 6.07) is 0. The Morgan fingerprint density at radius 1 is 0.750 bits per heavy atom. The van der Waals surface area contributed by atoms with Gasteiger partial charge in [0.1, 0.15) is 0 Å². The number of esters is 1. The van der Waals surface area contributed by atoms with Gasteiger partial charge >= 0.3 is 5.97 Å². The fourth-order valence-electron chi connectivity index (χ4n) is 4.73. The van der Waals surface area contributed by atoms with E-state index in [0.29, 0.717) is 6.61 Å². The van der Waals surface area contributed by atoms with Crippen LogP contribution in [-0.4, -0.2) is 50.2 Å². The summed E-state index contributed by atoms with van der Waals surface area (Å²) in [5.41, 5.74) is 0. The number of unbranched alkanes of at least 4 members (excludes halogenated alkanes) is 11. The van der Waals surface area contributed by atoms with Crippen LogP contribution in [0.3, 0.4) is 0 Å². The third kappa shape index (κ3) is 16.9. The molecule has 0 amide bonds. The molecule has 0 spiro atoms. The molecule has 0 saturated carbocycles. The average Bonchev–Trinajstić information content (AvgIpc) is 3.32. The van der Waals surface area contributed by atoms with E-state index in [1.807, 2.05) is 0 Å². The molecule has 1 aliphatic heterocycles. The number of rotatable bonds is 23. The molecule has 190 valence electrons. The summed E-state index contributed by atoms with van der Waals surface area (Å²) in [7, 11) is 0. The highest BCUT2D eigenvalue weighted by Gasteiger charge is 2.19. The van der Waals surface area contributed by atoms with Gasteiger partial charge in [0.2, 0.25) is 0 Å². The monoisotopic (exact) mass is 452 g/mol. The zero-order chi connectivity index (χ0) is 23.1. The van der Waals surface area contributed by atoms with Gasteiger partial charge in [0.15, 0.2) is 0 Å². The SMILES string of the molecule is CCCCCCCCC(CCCCCC)C(=O)OCCCCCCNCCN1CCCC1. The van der Waals surface area contributed by atoms with Crippen LogP contribution in [0.25, 0.3) is 0 Å². The quantitative estimate of drug-likeness (QED) is 0.132. The van der Waals surface area contributed by atoms with E-state index < -0.39 is 0 Å². The maximum absolute atomic E-state index is 12.7. The second-order valence-corrected chi connectivity index (χ2v) is 9.98. The number of carbonyl (C=O) groups excluding carboxylic acids is 1. The molecule has 1 saturated heterocycles. The Hall–Kier alpha value is -0.610. The summed E-state index contributed by atoms with van der Waals surface area (Å²) in [5, 5.41) is 3.57. The first-order chi connectivity index (χ1) is 15.8. The fraction of sp³-hybridized carbons (Fsp3) is 0.964. The van der Waals surface area contributed by atoms with Crippen molar-refractivity contribution in [3.63, 3.8) is 0 Å². The highest BCUT2D eigenvalue weighted by Crippen LogP contribution is 2.20. The second-order valence-electron chi connectivity index (χ2n) is 9.98. The molecule has 4 heteroatoms. The first kappa shape index (κ1) is 29.4. The smallest absolute Gasteiger partial charge is 0.308 e. The third-order valence-corrected chi connectivity index (χ3v) is 6.94. The predicted molar refractivity (Wildman–Crippen MR) is 138 cm³/mol. The third-order valence-electron chi connectivity index (χ3n) is 6.94. The molecule has 0 aromatic heterocycles. The molecule has 0 radical (unpaired) electrons. The van der Waals surface area contributed by atoms with Crippen molar-refractivity contribution in [2.45, 2.75) is 129 Å². The van der Waals surface area contributed by atoms with E-state index in [4.69, 9.17) is 4.74 Å². The maximum Gasteiger partial charge on any atom is 0.308 e. The van der Waals surface area contributed by atoms with Gasteiger partial charge in [-0.05, 0) is 58.2 Å². The van der Waals surface area contributed by atoms with Crippen LogP contribution in [0.5, 0.6) is 0 Å². The van der Waals surface area contributed by atoms with Crippen molar-refractivity contribution in [3.8, 4) is 0 Å². The van der Waals surface area contributed by atoms with Crippen LogP contribution in [0.4, 0.5) is 0 Å². The predicted octanol–water partition coefficient (Wildman–Crippen LogP) is 7.11. The van der Waals surface area contributed by atoms with Crippen LogP contribution < -0.4 is 5.32 Å². The van der Waals surface area contributed by atoms with Gasteiger partial charge < -0.3 is 15.0 Å². The largest absolute Gasteiger partial charge is 0.465 e. The van der Waals surface area contributed by atoms with Gasteiger partial charge in [0, 0.05) is 13.1 Å². The highest BCUT2D eigenvalue weighted by atomic mass is 16.5. The van der Waals surface area contributed by atoms with E-state index in [-0.39, 0.29) is 11.9 Å². The van der Waals surface area contributed by atoms with Crippen LogP contribution in [-0.2, 0) is 9.53 Å². The van der Waals surface area contributed by atoms with E-state index in [1.54, 1.807) is 0 Å². The molecule has 0 aromatic rings. The summed E-state index contributed by atoms with van der Waals surface area (Å²) in [5.74, 6) is 0.219. The van der Waals surface area contributed by atoms with Crippen LogP contribution >= 0.6 is 0 Å². The molecule has 0 aliphatic carbocycles. The summed E-state index contributed by atoms with van der Waals surface area (Å²) < 4.78 is 5.70. The average molecular weight is 453 g/mol. The molecule has 32 heavy (non-hydrogen) atoms. The Labute approximate surface area is 200 Å². The number of hydrogen-bond donors (Lipinski definition) is 1. The minimum atomic E-state index is 0.0821. The molecule has 0 aromatic carbocycles. The Morgan fingerprint density at radius 3 is 2.00 bits per heavy atom. The first-order valence-corrected chi connectivity index (χ1v) is 14.4. The van der Waals surface area contributed by atoms with Crippen molar-refractivity contribution in [2.75, 3.05) is 39.3 Å². The van der Waals surface area contributed by atoms with E-state index in [1.165, 1.54) is 116 Å². The van der Waals surface area contributed by atoms with E-state index in [9.17, 15) is 4.79 Å². The standard InChI is InChI=1S/C28H56N2O2/c1-3-5-7-9-10-14-20-27(19-13-8-6-4-2)28(31)32-26-18-12-11-15-21-29-22-25-30-23-16-17-24-30/h27,29H,3-26H2,1-2H3. The summed E-state index contributed by atoms with van der Waals surface area (Å²) in [6.07, 6.45) is 22.2. The molecule has 0 bridgehead atoms. The Balaban J connectivity index is 2.03. The fourth-order valence-corrected chi connectivity index (χ4v) is 4.73. The molecule has 1 atom stereocenters. The van der Waals surface area contributed by atoms with Crippen LogP contribution in [0.1, 0.15) is 129 Å². The van der Waals surface area contributed by atoms with Gasteiger partial charge in [-0.2, -0.15) is 0 Å². The number of nitrogens with zero attached hydrogens (tertiary/aromatic N) is 1. The Kier molecular flexibility index (Phi) is 20.4. The molecular weight excluding hydrogens is 396 g/mol. The number of nitrogens with one attached hydrogen (secondary N) is 1. The second kappa shape index (κ2) is 22.2. The molecule has 1 fully saturated rings. The van der Waals surface area contributed by atoms with E-state index in [0.717, 1.165) is 32.4 Å². The van der Waals surface area contributed by atoms with Gasteiger partial charge in [0.05, 0.1) is 12.5 Å². The Morgan fingerprint density at radius 2 is 1.31 bits per heavy atom. The first-order valence-electron chi connectivity index (χ1n) is 14.4. The lowest BCUT2D eigenvalue weighted by Crippen LogP contribution is -2.30. The lowest BCUT2D eigenvalue weighted by Gasteiger charge is -2.16. The van der Waals surface area contributed by atoms with Gasteiger partial charge in [0.25, 0.3) is 0 Å².